The van der Waals surface area contributed by atoms with Gasteiger partial charge in [0, 0.05) is 12.4 Å². The molecule has 0 fully saturated rings. The van der Waals surface area contributed by atoms with Crippen molar-refractivity contribution in [3.8, 4) is 0 Å². The molecule has 2 aromatic rings. The molecule has 0 saturated carbocycles. The zero-order chi connectivity index (χ0) is 10.1. The van der Waals surface area contributed by atoms with E-state index in [9.17, 15) is 0 Å². The van der Waals surface area contributed by atoms with Crippen molar-refractivity contribution in [3.05, 3.63) is 30.0 Å². The number of benzene rings is 1. The average molecular weight is 189 g/mol. The van der Waals surface area contributed by atoms with Crippen molar-refractivity contribution in [3.63, 3.8) is 0 Å². The van der Waals surface area contributed by atoms with Crippen molar-refractivity contribution in [2.75, 3.05) is 0 Å². The summed E-state index contributed by atoms with van der Waals surface area (Å²) >= 11 is 0. The molecule has 2 rings (SSSR count). The number of aryl methyl sites for hydroxylation is 1. The van der Waals surface area contributed by atoms with E-state index in [1.165, 1.54) is 0 Å². The van der Waals surface area contributed by atoms with E-state index in [2.05, 4.69) is 10.2 Å². The van der Waals surface area contributed by atoms with Crippen LogP contribution in [-0.4, -0.2) is 15.6 Å². The Morgan fingerprint density at radius 3 is 2.86 bits per heavy atom. The molecule has 0 aliphatic rings. The molecule has 0 aliphatic carbocycles. The molecule has 0 spiro atoms. The number of hydrazone groups is 1. The van der Waals surface area contributed by atoms with E-state index in [1.54, 1.807) is 4.68 Å². The third kappa shape index (κ3) is 1.10. The Kier molecular flexibility index (Phi) is 1.85. The summed E-state index contributed by atoms with van der Waals surface area (Å²) in [6, 6.07) is 7.71. The monoisotopic (exact) mass is 189 g/mol. The zero-order valence-corrected chi connectivity index (χ0v) is 7.81. The first-order valence-corrected chi connectivity index (χ1v) is 4.19. The molecular formula is C9H11N5. The second-order valence-electron chi connectivity index (χ2n) is 3.00. The number of amidine groups is 1. The Labute approximate surface area is 81.0 Å². The second kappa shape index (κ2) is 3.02. The lowest BCUT2D eigenvalue weighted by Crippen LogP contribution is -2.19. The number of rotatable bonds is 1. The van der Waals surface area contributed by atoms with Crippen LogP contribution >= 0.6 is 0 Å². The number of hydrogen-bond acceptors (Lipinski definition) is 3. The normalized spacial score (nSPS) is 12.2. The summed E-state index contributed by atoms with van der Waals surface area (Å²) in [7, 11) is 1.81. The van der Waals surface area contributed by atoms with Gasteiger partial charge in [-0.25, -0.2) is 0 Å². The lowest BCUT2D eigenvalue weighted by Gasteiger charge is -1.99. The molecule has 4 N–H and O–H groups in total. The molecule has 0 saturated heterocycles. The van der Waals surface area contributed by atoms with Crippen LogP contribution in [-0.2, 0) is 7.05 Å². The van der Waals surface area contributed by atoms with E-state index in [4.69, 9.17) is 11.6 Å². The van der Waals surface area contributed by atoms with Gasteiger partial charge in [-0.3, -0.25) is 4.68 Å². The molecule has 0 amide bonds. The average Bonchev–Trinajstić information content (AvgIpc) is 2.53. The fraction of sp³-hybridized carbons (Fsp3) is 0.111. The SMILES string of the molecule is Cn1nc2ccccc2c1/C(N)=N/N. The highest BCUT2D eigenvalue weighted by molar-refractivity contribution is 6.06. The minimum atomic E-state index is 0.293. The summed E-state index contributed by atoms with van der Waals surface area (Å²) in [6.45, 7) is 0. The largest absolute Gasteiger partial charge is 0.380 e. The lowest BCUT2D eigenvalue weighted by atomic mass is 10.2. The highest BCUT2D eigenvalue weighted by Crippen LogP contribution is 2.16. The van der Waals surface area contributed by atoms with Gasteiger partial charge in [-0.1, -0.05) is 18.2 Å². The Balaban J connectivity index is 2.81. The van der Waals surface area contributed by atoms with Crippen molar-refractivity contribution >= 4 is 16.7 Å². The van der Waals surface area contributed by atoms with E-state index in [1.807, 2.05) is 31.3 Å². The van der Waals surface area contributed by atoms with Crippen LogP contribution in [0.3, 0.4) is 0 Å². The summed E-state index contributed by atoms with van der Waals surface area (Å²) in [5, 5.41) is 8.72. The molecule has 1 aromatic heterocycles. The Morgan fingerprint density at radius 1 is 1.43 bits per heavy atom. The first kappa shape index (κ1) is 8.55. The van der Waals surface area contributed by atoms with Gasteiger partial charge in [0.05, 0.1) is 5.52 Å². The number of aromatic nitrogens is 2. The van der Waals surface area contributed by atoms with E-state index < -0.39 is 0 Å². The van der Waals surface area contributed by atoms with Crippen LogP contribution in [0.1, 0.15) is 5.69 Å². The molecule has 0 atom stereocenters. The van der Waals surface area contributed by atoms with Gasteiger partial charge >= 0.3 is 0 Å². The van der Waals surface area contributed by atoms with Crippen molar-refractivity contribution in [1.29, 1.82) is 0 Å². The third-order valence-electron chi connectivity index (χ3n) is 2.12. The van der Waals surface area contributed by atoms with Crippen molar-refractivity contribution < 1.29 is 0 Å². The van der Waals surface area contributed by atoms with Gasteiger partial charge in [0.15, 0.2) is 5.84 Å². The number of fused-ring (bicyclic) bond motifs is 1. The number of nitrogens with zero attached hydrogens (tertiary/aromatic N) is 3. The van der Waals surface area contributed by atoms with E-state index >= 15 is 0 Å². The summed E-state index contributed by atoms with van der Waals surface area (Å²) < 4.78 is 1.68. The fourth-order valence-electron chi connectivity index (χ4n) is 1.51. The molecule has 72 valence electrons. The minimum absolute atomic E-state index is 0.293. The molecule has 0 unspecified atom stereocenters. The number of nitrogens with two attached hydrogens (primary N) is 2. The maximum Gasteiger partial charge on any atom is 0.169 e. The van der Waals surface area contributed by atoms with Gasteiger partial charge in [0.25, 0.3) is 0 Å². The molecule has 5 nitrogen and oxygen atoms in total. The van der Waals surface area contributed by atoms with E-state index in [-0.39, 0.29) is 0 Å². The first-order chi connectivity index (χ1) is 6.74. The molecular weight excluding hydrogens is 178 g/mol. The Morgan fingerprint density at radius 2 is 2.14 bits per heavy atom. The molecule has 1 aromatic carbocycles. The molecule has 1 heterocycles. The summed E-state index contributed by atoms with van der Waals surface area (Å²) in [4.78, 5) is 0. The third-order valence-corrected chi connectivity index (χ3v) is 2.12. The predicted molar refractivity (Wildman–Crippen MR) is 55.6 cm³/mol. The highest BCUT2D eigenvalue weighted by atomic mass is 15.3. The maximum absolute atomic E-state index is 5.67. The van der Waals surface area contributed by atoms with Crippen LogP contribution in [0, 0.1) is 0 Å². The topological polar surface area (TPSA) is 82.2 Å². The molecule has 0 radical (unpaired) electrons. The fourth-order valence-corrected chi connectivity index (χ4v) is 1.51. The zero-order valence-electron chi connectivity index (χ0n) is 7.81. The molecule has 5 heteroatoms. The lowest BCUT2D eigenvalue weighted by molar-refractivity contribution is 0.769. The molecule has 0 aliphatic heterocycles. The Bertz CT molecular complexity index is 497. The van der Waals surface area contributed by atoms with Gasteiger partial charge in [-0.15, -0.1) is 0 Å². The number of hydrogen-bond donors (Lipinski definition) is 2. The standard InChI is InChI=1S/C9H11N5/c1-14-8(9(10)12-11)6-4-2-3-5-7(6)13-14/h2-5H,11H2,1H3,(H2,10,12). The second-order valence-corrected chi connectivity index (χ2v) is 3.00. The van der Waals surface area contributed by atoms with Crippen LogP contribution in [0.25, 0.3) is 10.9 Å². The van der Waals surface area contributed by atoms with Crippen LogP contribution in [0.4, 0.5) is 0 Å². The van der Waals surface area contributed by atoms with Gasteiger partial charge in [-0.2, -0.15) is 10.2 Å². The van der Waals surface area contributed by atoms with Crippen molar-refractivity contribution in [1.82, 2.24) is 9.78 Å². The van der Waals surface area contributed by atoms with E-state index in [0.717, 1.165) is 16.6 Å². The van der Waals surface area contributed by atoms with Crippen LogP contribution in [0.5, 0.6) is 0 Å². The van der Waals surface area contributed by atoms with Crippen LogP contribution < -0.4 is 11.6 Å². The van der Waals surface area contributed by atoms with Gasteiger partial charge < -0.3 is 11.6 Å². The van der Waals surface area contributed by atoms with Gasteiger partial charge in [-0.05, 0) is 6.07 Å². The Hall–Kier alpha value is -2.04. The van der Waals surface area contributed by atoms with Crippen LogP contribution in [0.2, 0.25) is 0 Å². The highest BCUT2D eigenvalue weighted by Gasteiger charge is 2.10. The molecule has 14 heavy (non-hydrogen) atoms. The summed E-state index contributed by atoms with van der Waals surface area (Å²) in [5.74, 6) is 5.44. The van der Waals surface area contributed by atoms with E-state index in [0.29, 0.717) is 5.84 Å². The molecule has 0 bridgehead atoms. The smallest absolute Gasteiger partial charge is 0.169 e. The van der Waals surface area contributed by atoms with Gasteiger partial charge in [0.1, 0.15) is 5.69 Å². The first-order valence-electron chi connectivity index (χ1n) is 4.19. The van der Waals surface area contributed by atoms with Gasteiger partial charge in [0.2, 0.25) is 0 Å². The minimum Gasteiger partial charge on any atom is -0.380 e. The predicted octanol–water partition coefficient (Wildman–Crippen LogP) is 0.152. The summed E-state index contributed by atoms with van der Waals surface area (Å²) in [5.41, 5.74) is 7.31. The van der Waals surface area contributed by atoms with Crippen LogP contribution in [0.15, 0.2) is 29.4 Å². The van der Waals surface area contributed by atoms with Crippen molar-refractivity contribution in [2.45, 2.75) is 0 Å². The van der Waals surface area contributed by atoms with Crippen molar-refractivity contribution in [2.24, 2.45) is 23.7 Å². The summed E-state index contributed by atoms with van der Waals surface area (Å²) in [6.07, 6.45) is 0. The maximum atomic E-state index is 5.67. The quantitative estimate of drug-likeness (QED) is 0.290.